The summed E-state index contributed by atoms with van der Waals surface area (Å²) in [5, 5.41) is 2.81. The van der Waals surface area contributed by atoms with E-state index in [1.54, 1.807) is 44.6 Å². The number of carbonyl (C=O) groups excluding carboxylic acids is 3. The number of amides is 1. The third-order valence-corrected chi connectivity index (χ3v) is 8.59. The second-order valence-corrected chi connectivity index (χ2v) is 13.3. The van der Waals surface area contributed by atoms with Crippen molar-refractivity contribution in [2.24, 2.45) is 10.8 Å². The average molecular weight is 587 g/mol. The summed E-state index contributed by atoms with van der Waals surface area (Å²) in [4.78, 5) is 42.6. The Hall–Kier alpha value is -4.07. The molecular formula is C35H42N2O6. The lowest BCUT2D eigenvalue weighted by Gasteiger charge is -2.48. The Morgan fingerprint density at radius 1 is 0.837 bits per heavy atom. The lowest BCUT2D eigenvalue weighted by Crippen LogP contribution is -2.44. The number of rotatable bonds is 8. The van der Waals surface area contributed by atoms with Gasteiger partial charge in [0, 0.05) is 53.5 Å². The van der Waals surface area contributed by atoms with Crippen LogP contribution in [0.25, 0.3) is 0 Å². The highest BCUT2D eigenvalue weighted by molar-refractivity contribution is 6.06. The third kappa shape index (κ3) is 6.05. The number of hydrogen-bond acceptors (Lipinski definition) is 7. The molecule has 0 radical (unpaired) electrons. The standard InChI is InChI=1S/C35H42N2O6/c1-8-37-24-16-34(2,3)18-26(38)32(24)31(33-25(37)17-35(4,5)19-27(33)39)21-9-14-28(29(15-21)42-7)43-20-30(40)36-22-10-12-23(41-6)13-11-22/h9-15,31H,8,16-20H2,1-7H3,(H,36,40). The van der Waals surface area contributed by atoms with Gasteiger partial charge in [-0.15, -0.1) is 0 Å². The molecule has 0 saturated heterocycles. The molecule has 2 aromatic rings. The van der Waals surface area contributed by atoms with Crippen LogP contribution in [0, 0.1) is 10.8 Å². The fourth-order valence-electron chi connectivity index (χ4n) is 6.76. The molecule has 0 spiro atoms. The van der Waals surface area contributed by atoms with E-state index < -0.39 is 5.92 Å². The van der Waals surface area contributed by atoms with Crippen molar-refractivity contribution in [3.63, 3.8) is 0 Å². The minimum Gasteiger partial charge on any atom is -0.497 e. The van der Waals surface area contributed by atoms with Gasteiger partial charge in [0.05, 0.1) is 14.2 Å². The Labute approximate surface area is 254 Å². The molecule has 1 aliphatic heterocycles. The summed E-state index contributed by atoms with van der Waals surface area (Å²) in [6.45, 7) is 11.1. The van der Waals surface area contributed by atoms with Crippen molar-refractivity contribution < 1.29 is 28.6 Å². The van der Waals surface area contributed by atoms with Crippen LogP contribution in [0.5, 0.6) is 17.2 Å². The number of ether oxygens (including phenoxy) is 3. The summed E-state index contributed by atoms with van der Waals surface area (Å²) < 4.78 is 16.7. The molecule has 0 atom stereocenters. The molecule has 2 aliphatic carbocycles. The smallest absolute Gasteiger partial charge is 0.262 e. The summed E-state index contributed by atoms with van der Waals surface area (Å²) in [5.41, 5.74) is 4.63. The predicted octanol–water partition coefficient (Wildman–Crippen LogP) is 6.43. The molecule has 0 saturated carbocycles. The average Bonchev–Trinajstić information content (AvgIpc) is 2.94. The van der Waals surface area contributed by atoms with Gasteiger partial charge in [-0.2, -0.15) is 0 Å². The van der Waals surface area contributed by atoms with Gasteiger partial charge in [-0.25, -0.2) is 0 Å². The second kappa shape index (κ2) is 11.5. The maximum absolute atomic E-state index is 13.9. The van der Waals surface area contributed by atoms with Crippen molar-refractivity contribution in [1.29, 1.82) is 0 Å². The van der Waals surface area contributed by atoms with E-state index in [-0.39, 0.29) is 34.9 Å². The second-order valence-electron chi connectivity index (χ2n) is 13.3. The van der Waals surface area contributed by atoms with E-state index in [9.17, 15) is 14.4 Å². The van der Waals surface area contributed by atoms with Crippen LogP contribution in [0.3, 0.4) is 0 Å². The number of benzene rings is 2. The Morgan fingerprint density at radius 2 is 1.42 bits per heavy atom. The lowest BCUT2D eigenvalue weighted by atomic mass is 9.63. The first-order valence-corrected chi connectivity index (χ1v) is 14.9. The van der Waals surface area contributed by atoms with Crippen LogP contribution in [-0.4, -0.2) is 49.7 Å². The number of nitrogens with zero attached hydrogens (tertiary/aromatic N) is 1. The number of ketones is 2. The van der Waals surface area contributed by atoms with E-state index in [0.29, 0.717) is 42.3 Å². The van der Waals surface area contributed by atoms with E-state index in [1.807, 2.05) is 12.1 Å². The van der Waals surface area contributed by atoms with Crippen molar-refractivity contribution in [3.8, 4) is 17.2 Å². The van der Waals surface area contributed by atoms with Gasteiger partial charge in [-0.05, 0) is 72.6 Å². The minimum absolute atomic E-state index is 0.0911. The zero-order chi connectivity index (χ0) is 31.1. The van der Waals surface area contributed by atoms with Crippen LogP contribution < -0.4 is 19.5 Å². The maximum atomic E-state index is 13.9. The Kier molecular flexibility index (Phi) is 8.16. The van der Waals surface area contributed by atoms with Crippen molar-refractivity contribution in [2.75, 3.05) is 32.7 Å². The van der Waals surface area contributed by atoms with Crippen LogP contribution >= 0.6 is 0 Å². The Morgan fingerprint density at radius 3 is 1.93 bits per heavy atom. The minimum atomic E-state index is -0.471. The summed E-state index contributed by atoms with van der Waals surface area (Å²) in [5.74, 6) is 0.922. The summed E-state index contributed by atoms with van der Waals surface area (Å²) in [6, 6.07) is 12.5. The molecule has 43 heavy (non-hydrogen) atoms. The molecule has 8 nitrogen and oxygen atoms in total. The molecule has 3 aliphatic rings. The van der Waals surface area contributed by atoms with Gasteiger partial charge >= 0.3 is 0 Å². The number of hydrogen-bond donors (Lipinski definition) is 1. The summed E-state index contributed by atoms with van der Waals surface area (Å²) in [6.07, 6.45) is 2.41. The topological polar surface area (TPSA) is 94.2 Å². The highest BCUT2D eigenvalue weighted by atomic mass is 16.5. The first-order valence-electron chi connectivity index (χ1n) is 14.9. The van der Waals surface area contributed by atoms with E-state index in [1.165, 1.54) is 0 Å². The molecule has 8 heteroatoms. The predicted molar refractivity (Wildman–Crippen MR) is 165 cm³/mol. The molecule has 1 heterocycles. The number of allylic oxidation sites excluding steroid dienone is 4. The Bertz CT molecular complexity index is 1460. The van der Waals surface area contributed by atoms with E-state index in [2.05, 4.69) is 44.8 Å². The lowest BCUT2D eigenvalue weighted by molar-refractivity contribution is -0.120. The van der Waals surface area contributed by atoms with Gasteiger partial charge in [0.25, 0.3) is 5.91 Å². The first kappa shape index (κ1) is 30.4. The van der Waals surface area contributed by atoms with Crippen LogP contribution in [-0.2, 0) is 14.4 Å². The summed E-state index contributed by atoms with van der Waals surface area (Å²) >= 11 is 0. The van der Waals surface area contributed by atoms with Crippen molar-refractivity contribution >= 4 is 23.2 Å². The first-order chi connectivity index (χ1) is 20.4. The molecule has 1 amide bonds. The SMILES string of the molecule is CCN1C2=C(C(=O)CC(C)(C)C2)C(c2ccc(OCC(=O)Nc3ccc(OC)cc3)c(OC)c2)C2=C1CC(C)(C)CC2=O. The number of Topliss-reactive ketones (excluding diaryl/α,β-unsaturated/α-hetero) is 2. The van der Waals surface area contributed by atoms with Gasteiger partial charge < -0.3 is 24.4 Å². The van der Waals surface area contributed by atoms with E-state index >= 15 is 0 Å². The summed E-state index contributed by atoms with van der Waals surface area (Å²) in [7, 11) is 3.13. The van der Waals surface area contributed by atoms with Crippen molar-refractivity contribution in [2.45, 2.75) is 66.2 Å². The maximum Gasteiger partial charge on any atom is 0.262 e. The van der Waals surface area contributed by atoms with Gasteiger partial charge in [0.2, 0.25) is 0 Å². The zero-order valence-corrected chi connectivity index (χ0v) is 26.3. The fourth-order valence-corrected chi connectivity index (χ4v) is 6.76. The normalized spacial score (nSPS) is 19.6. The van der Waals surface area contributed by atoms with Crippen LogP contribution in [0.1, 0.15) is 71.8 Å². The monoisotopic (exact) mass is 586 g/mol. The fraction of sp³-hybridized carbons (Fsp3) is 0.457. The van der Waals surface area contributed by atoms with Crippen LogP contribution in [0.2, 0.25) is 0 Å². The highest BCUT2D eigenvalue weighted by Crippen LogP contribution is 2.54. The van der Waals surface area contributed by atoms with Gasteiger partial charge in [-0.1, -0.05) is 33.8 Å². The number of methoxy groups -OCH3 is 2. The molecular weight excluding hydrogens is 544 g/mol. The molecule has 0 aromatic heterocycles. The van der Waals surface area contributed by atoms with E-state index in [0.717, 1.165) is 40.9 Å². The molecule has 5 rings (SSSR count). The molecule has 0 unspecified atom stereocenters. The molecule has 0 bridgehead atoms. The highest BCUT2D eigenvalue weighted by Gasteiger charge is 2.48. The van der Waals surface area contributed by atoms with Crippen molar-refractivity contribution in [3.05, 3.63) is 70.6 Å². The largest absolute Gasteiger partial charge is 0.497 e. The van der Waals surface area contributed by atoms with Gasteiger partial charge in [-0.3, -0.25) is 14.4 Å². The zero-order valence-electron chi connectivity index (χ0n) is 26.3. The quantitative estimate of drug-likeness (QED) is 0.381. The number of nitrogens with one attached hydrogen (secondary N) is 1. The van der Waals surface area contributed by atoms with E-state index in [4.69, 9.17) is 14.2 Å². The van der Waals surface area contributed by atoms with Crippen LogP contribution in [0.15, 0.2) is 65.0 Å². The molecule has 0 fully saturated rings. The Balaban J connectivity index is 1.48. The molecule has 2 aromatic carbocycles. The van der Waals surface area contributed by atoms with Gasteiger partial charge in [0.1, 0.15) is 5.75 Å². The van der Waals surface area contributed by atoms with Crippen molar-refractivity contribution in [1.82, 2.24) is 4.90 Å². The number of carbonyl (C=O) groups is 3. The number of anilines is 1. The molecule has 1 N–H and O–H groups in total. The van der Waals surface area contributed by atoms with Crippen LogP contribution in [0.4, 0.5) is 5.69 Å². The molecule has 228 valence electrons. The third-order valence-electron chi connectivity index (χ3n) is 8.59. The van der Waals surface area contributed by atoms with Gasteiger partial charge in [0.15, 0.2) is 29.7 Å².